The molecule has 1 N–H and O–H groups in total. The Hall–Kier alpha value is -2.29. The van der Waals surface area contributed by atoms with E-state index < -0.39 is 6.10 Å². The van der Waals surface area contributed by atoms with Crippen molar-refractivity contribution in [2.45, 2.75) is 45.8 Å². The molecule has 3 heteroatoms. The normalized spacial score (nSPS) is 12.5. The van der Waals surface area contributed by atoms with Crippen LogP contribution < -0.4 is 10.1 Å². The van der Waals surface area contributed by atoms with Gasteiger partial charge in [0.05, 0.1) is 0 Å². The molecule has 0 aromatic heterocycles. The van der Waals surface area contributed by atoms with E-state index in [1.165, 1.54) is 11.1 Å². The Labute approximate surface area is 138 Å². The van der Waals surface area contributed by atoms with Crippen LogP contribution in [0.3, 0.4) is 0 Å². The van der Waals surface area contributed by atoms with E-state index in [9.17, 15) is 4.79 Å². The lowest BCUT2D eigenvalue weighted by atomic mass is 9.94. The monoisotopic (exact) mass is 311 g/mol. The molecule has 0 saturated heterocycles. The van der Waals surface area contributed by atoms with Crippen LogP contribution in [0.4, 0.5) is 0 Å². The predicted molar refractivity (Wildman–Crippen MR) is 93.6 cm³/mol. The van der Waals surface area contributed by atoms with Gasteiger partial charge in [0.1, 0.15) is 5.75 Å². The first kappa shape index (κ1) is 17.1. The van der Waals surface area contributed by atoms with Crippen LogP contribution in [0.15, 0.2) is 54.6 Å². The topological polar surface area (TPSA) is 38.3 Å². The van der Waals surface area contributed by atoms with Crippen molar-refractivity contribution in [1.29, 1.82) is 0 Å². The number of hydrogen-bond donors (Lipinski definition) is 1. The third-order valence-corrected chi connectivity index (χ3v) is 3.65. The summed E-state index contributed by atoms with van der Waals surface area (Å²) in [5, 5.41) is 3.07. The van der Waals surface area contributed by atoms with Crippen molar-refractivity contribution >= 4 is 5.91 Å². The molecule has 0 unspecified atom stereocenters. The fraction of sp³-hybridized carbons (Fsp3) is 0.350. The third kappa shape index (κ3) is 5.44. The van der Waals surface area contributed by atoms with E-state index in [1.54, 1.807) is 6.92 Å². The van der Waals surface area contributed by atoms with Crippen molar-refractivity contribution in [1.82, 2.24) is 5.32 Å². The van der Waals surface area contributed by atoms with Gasteiger partial charge in [-0.05, 0) is 51.8 Å². The number of benzene rings is 2. The number of hydrogen-bond acceptors (Lipinski definition) is 2. The van der Waals surface area contributed by atoms with E-state index >= 15 is 0 Å². The smallest absolute Gasteiger partial charge is 0.261 e. The highest BCUT2D eigenvalue weighted by atomic mass is 16.5. The third-order valence-electron chi connectivity index (χ3n) is 3.65. The molecular formula is C20H25NO2. The van der Waals surface area contributed by atoms with Crippen LogP contribution >= 0.6 is 0 Å². The molecular weight excluding hydrogens is 286 g/mol. The average Bonchev–Trinajstić information content (AvgIpc) is 2.49. The van der Waals surface area contributed by atoms with Gasteiger partial charge in [-0.1, -0.05) is 48.0 Å². The Balaban J connectivity index is 1.92. The number of carbonyl (C=O) groups excluding carboxylic acids is 1. The van der Waals surface area contributed by atoms with Gasteiger partial charge in [-0.3, -0.25) is 4.79 Å². The fourth-order valence-electron chi connectivity index (χ4n) is 2.46. The summed E-state index contributed by atoms with van der Waals surface area (Å²) in [7, 11) is 0. The Morgan fingerprint density at radius 2 is 1.70 bits per heavy atom. The zero-order valence-electron chi connectivity index (χ0n) is 14.3. The largest absolute Gasteiger partial charge is 0.481 e. The van der Waals surface area contributed by atoms with Crippen molar-refractivity contribution in [2.24, 2.45) is 0 Å². The van der Waals surface area contributed by atoms with Gasteiger partial charge < -0.3 is 10.1 Å². The maximum atomic E-state index is 12.4. The van der Waals surface area contributed by atoms with E-state index in [1.807, 2.05) is 63.2 Å². The summed E-state index contributed by atoms with van der Waals surface area (Å²) in [6, 6.07) is 17.9. The summed E-state index contributed by atoms with van der Waals surface area (Å²) in [6.45, 7) is 7.84. The summed E-state index contributed by atoms with van der Waals surface area (Å²) < 4.78 is 5.72. The van der Waals surface area contributed by atoms with Crippen LogP contribution in [-0.4, -0.2) is 17.6 Å². The maximum Gasteiger partial charge on any atom is 0.261 e. The number of amides is 1. The fourth-order valence-corrected chi connectivity index (χ4v) is 2.46. The first-order chi connectivity index (χ1) is 10.9. The average molecular weight is 311 g/mol. The van der Waals surface area contributed by atoms with E-state index in [0.29, 0.717) is 5.75 Å². The molecule has 0 heterocycles. The van der Waals surface area contributed by atoms with Gasteiger partial charge in [-0.25, -0.2) is 0 Å². The minimum absolute atomic E-state index is 0.105. The molecule has 0 saturated carbocycles. The molecule has 0 aliphatic heterocycles. The molecule has 2 aromatic carbocycles. The predicted octanol–water partition coefficient (Wildman–Crippen LogP) is 3.90. The Morgan fingerprint density at radius 1 is 1.09 bits per heavy atom. The summed E-state index contributed by atoms with van der Waals surface area (Å²) in [6.07, 6.45) is 0.240. The summed E-state index contributed by atoms with van der Waals surface area (Å²) in [4.78, 5) is 12.4. The van der Waals surface area contributed by atoms with Gasteiger partial charge in [0, 0.05) is 5.54 Å². The summed E-state index contributed by atoms with van der Waals surface area (Å²) in [5.41, 5.74) is 2.03. The first-order valence-electron chi connectivity index (χ1n) is 7.95. The summed E-state index contributed by atoms with van der Waals surface area (Å²) >= 11 is 0. The number of aryl methyl sites for hydroxylation is 1. The molecule has 0 spiro atoms. The van der Waals surface area contributed by atoms with E-state index in [-0.39, 0.29) is 11.4 Å². The second-order valence-electron chi connectivity index (χ2n) is 6.61. The van der Waals surface area contributed by atoms with Gasteiger partial charge in [-0.15, -0.1) is 0 Å². The molecule has 0 aliphatic carbocycles. The highest BCUT2D eigenvalue weighted by Gasteiger charge is 2.24. The molecule has 0 radical (unpaired) electrons. The minimum Gasteiger partial charge on any atom is -0.481 e. The molecule has 1 atom stereocenters. The van der Waals surface area contributed by atoms with Crippen LogP contribution in [-0.2, 0) is 11.2 Å². The highest BCUT2D eigenvalue weighted by Crippen LogP contribution is 2.15. The lowest BCUT2D eigenvalue weighted by Crippen LogP contribution is -2.49. The summed E-state index contributed by atoms with van der Waals surface area (Å²) in [5.74, 6) is 0.602. The molecule has 2 rings (SSSR count). The first-order valence-corrected chi connectivity index (χ1v) is 7.95. The molecule has 3 nitrogen and oxygen atoms in total. The van der Waals surface area contributed by atoms with Crippen LogP contribution in [0, 0.1) is 6.92 Å². The second kappa shape index (κ2) is 7.32. The Kier molecular flexibility index (Phi) is 5.43. The van der Waals surface area contributed by atoms with Crippen molar-refractivity contribution < 1.29 is 9.53 Å². The number of nitrogens with one attached hydrogen (secondary N) is 1. The molecule has 0 fully saturated rings. The van der Waals surface area contributed by atoms with Gasteiger partial charge in [0.2, 0.25) is 0 Å². The second-order valence-corrected chi connectivity index (χ2v) is 6.61. The number of rotatable bonds is 6. The maximum absolute atomic E-state index is 12.4. The molecule has 1 amide bonds. The molecule has 23 heavy (non-hydrogen) atoms. The van der Waals surface area contributed by atoms with E-state index in [2.05, 4.69) is 17.4 Å². The van der Waals surface area contributed by atoms with Gasteiger partial charge in [-0.2, -0.15) is 0 Å². The lowest BCUT2D eigenvalue weighted by Gasteiger charge is -2.28. The van der Waals surface area contributed by atoms with Crippen LogP contribution in [0.25, 0.3) is 0 Å². The number of carbonyl (C=O) groups is 1. The van der Waals surface area contributed by atoms with Crippen molar-refractivity contribution in [2.75, 3.05) is 0 Å². The molecule has 0 bridgehead atoms. The van der Waals surface area contributed by atoms with Gasteiger partial charge in [0.15, 0.2) is 6.10 Å². The van der Waals surface area contributed by atoms with Gasteiger partial charge in [0.25, 0.3) is 5.91 Å². The van der Waals surface area contributed by atoms with Crippen LogP contribution in [0.1, 0.15) is 31.9 Å². The van der Waals surface area contributed by atoms with E-state index in [0.717, 1.165) is 6.42 Å². The van der Waals surface area contributed by atoms with Crippen LogP contribution in [0.5, 0.6) is 5.75 Å². The molecule has 122 valence electrons. The minimum atomic E-state index is -0.534. The molecule has 0 aliphatic rings. The number of ether oxygens (including phenoxy) is 1. The zero-order valence-corrected chi connectivity index (χ0v) is 14.3. The SMILES string of the molecule is Cc1ccc(O[C@@H](C)C(=O)NC(C)(C)Cc2ccccc2)cc1. The zero-order chi connectivity index (χ0) is 16.9. The van der Waals surface area contributed by atoms with Gasteiger partial charge >= 0.3 is 0 Å². The van der Waals surface area contributed by atoms with Crippen molar-refractivity contribution in [3.8, 4) is 5.75 Å². The van der Waals surface area contributed by atoms with E-state index in [4.69, 9.17) is 4.74 Å². The van der Waals surface area contributed by atoms with Crippen molar-refractivity contribution in [3.63, 3.8) is 0 Å². The quantitative estimate of drug-likeness (QED) is 0.878. The molecule has 2 aromatic rings. The highest BCUT2D eigenvalue weighted by molar-refractivity contribution is 5.81. The lowest BCUT2D eigenvalue weighted by molar-refractivity contribution is -0.128. The standard InChI is InChI=1S/C20H25NO2/c1-15-10-12-18(13-11-15)23-16(2)19(22)21-20(3,4)14-17-8-6-5-7-9-17/h5-13,16H,14H2,1-4H3,(H,21,22)/t16-/m0/s1. The Morgan fingerprint density at radius 3 is 2.30 bits per heavy atom. The Bertz CT molecular complexity index is 632. The van der Waals surface area contributed by atoms with Crippen LogP contribution in [0.2, 0.25) is 0 Å². The van der Waals surface area contributed by atoms with Crippen molar-refractivity contribution in [3.05, 3.63) is 65.7 Å².